The molecule has 1 saturated carbocycles. The molecule has 4 aromatic rings. The topological polar surface area (TPSA) is 116 Å². The summed E-state index contributed by atoms with van der Waals surface area (Å²) in [4.78, 5) is 25.3. The fourth-order valence-electron chi connectivity index (χ4n) is 4.32. The summed E-state index contributed by atoms with van der Waals surface area (Å²) in [7, 11) is -1.73. The maximum absolute atomic E-state index is 13.1. The number of amides is 2. The van der Waals surface area contributed by atoms with E-state index in [1.54, 1.807) is 17.7 Å². The Labute approximate surface area is 253 Å². The zero-order chi connectivity index (χ0) is 37.9. The summed E-state index contributed by atoms with van der Waals surface area (Å²) in [5.41, 5.74) is 0.0800. The summed E-state index contributed by atoms with van der Waals surface area (Å²) in [5.74, 6) is -1.23. The lowest BCUT2D eigenvalue weighted by Crippen LogP contribution is -2.31. The molecule has 0 bridgehead atoms. The van der Waals surface area contributed by atoms with Crippen LogP contribution in [0.5, 0.6) is 5.75 Å². The monoisotopic (exact) mass is 585 g/mol. The third-order valence-corrected chi connectivity index (χ3v) is 7.69. The molecular weight excluding hydrogens is 542 g/mol. The molecule has 0 spiro atoms. The van der Waals surface area contributed by atoms with Crippen molar-refractivity contribution in [2.24, 2.45) is 7.05 Å². The van der Waals surface area contributed by atoms with Crippen LogP contribution in [0.1, 0.15) is 66.3 Å². The van der Waals surface area contributed by atoms with Crippen LogP contribution < -0.4 is 14.8 Å². The molecule has 3 aromatic carbocycles. The first-order valence-corrected chi connectivity index (χ1v) is 13.8. The zero-order valence-corrected chi connectivity index (χ0v) is 22.9. The van der Waals surface area contributed by atoms with Crippen LogP contribution in [-0.4, -0.2) is 38.2 Å². The van der Waals surface area contributed by atoms with Crippen LogP contribution in [0, 0.1) is 6.85 Å². The number of methoxy groups -OCH3 is 1. The number of nitrogens with zero attached hydrogens (tertiary/aromatic N) is 1. The SMILES string of the molecule is [2H]C1(OC(=O)Nc2ccc3c(c2)c(C([2H])([2H])c2ccc(C(=O)NS(=O)(=O)c4ccccc4C([2H])([2H])[2H])cc2OC)cn3C)CC([2H])([2H])C([2H])([2H])C1. The Morgan fingerprint density at radius 1 is 1.12 bits per heavy atom. The van der Waals surface area contributed by atoms with Gasteiger partial charge in [0.25, 0.3) is 15.9 Å². The predicted octanol–water partition coefficient (Wildman–Crippen LogP) is 5.70. The fourth-order valence-corrected chi connectivity index (χ4v) is 5.41. The Morgan fingerprint density at radius 3 is 2.66 bits per heavy atom. The Bertz CT molecular complexity index is 2140. The van der Waals surface area contributed by atoms with E-state index in [4.69, 9.17) is 23.2 Å². The van der Waals surface area contributed by atoms with Crippen LogP contribution in [0.4, 0.5) is 10.5 Å². The van der Waals surface area contributed by atoms with Gasteiger partial charge in [-0.15, -0.1) is 0 Å². The molecule has 0 atom stereocenters. The van der Waals surface area contributed by atoms with Crippen LogP contribution in [0.2, 0.25) is 0 Å². The average molecular weight is 586 g/mol. The molecule has 1 aliphatic carbocycles. The van der Waals surface area contributed by atoms with Crippen LogP contribution in [0.15, 0.2) is 71.8 Å². The lowest BCUT2D eigenvalue weighted by atomic mass is 10.0. The number of carbonyl (C=O) groups excluding carboxylic acids is 2. The smallest absolute Gasteiger partial charge is 0.411 e. The maximum atomic E-state index is 13.1. The van der Waals surface area contributed by atoms with E-state index in [9.17, 15) is 18.0 Å². The molecule has 2 N–H and O–H groups in total. The lowest BCUT2D eigenvalue weighted by Gasteiger charge is -2.13. The number of nitrogens with one attached hydrogen (secondary N) is 2. The number of aryl methyl sites for hydroxylation is 2. The van der Waals surface area contributed by atoms with Gasteiger partial charge >= 0.3 is 6.09 Å². The number of ether oxygens (including phenoxy) is 2. The maximum Gasteiger partial charge on any atom is 0.411 e. The molecular formula is C31H33N3O6S. The van der Waals surface area contributed by atoms with Gasteiger partial charge in [0.15, 0.2) is 0 Å². The van der Waals surface area contributed by atoms with Crippen molar-refractivity contribution >= 4 is 38.6 Å². The number of rotatable bonds is 8. The molecule has 10 heteroatoms. The normalized spacial score (nSPS) is 21.2. The molecule has 214 valence electrons. The van der Waals surface area contributed by atoms with E-state index in [-0.39, 0.29) is 28.1 Å². The number of benzene rings is 3. The molecule has 1 aromatic heterocycles. The second kappa shape index (κ2) is 11.7. The van der Waals surface area contributed by atoms with Gasteiger partial charge in [-0.2, -0.15) is 0 Å². The summed E-state index contributed by atoms with van der Waals surface area (Å²) in [6.45, 7) is -2.77. The molecule has 2 amide bonds. The largest absolute Gasteiger partial charge is 0.496 e. The van der Waals surface area contributed by atoms with Crippen molar-refractivity contribution in [3.8, 4) is 5.75 Å². The first-order valence-electron chi connectivity index (χ1n) is 17.4. The Morgan fingerprint density at radius 2 is 1.90 bits per heavy atom. The first kappa shape index (κ1) is 18.2. The second-order valence-corrected chi connectivity index (χ2v) is 10.8. The number of carbonyl (C=O) groups is 2. The van der Waals surface area contributed by atoms with Gasteiger partial charge in [0.1, 0.15) is 11.8 Å². The molecule has 0 aliphatic heterocycles. The van der Waals surface area contributed by atoms with Gasteiger partial charge in [-0.1, -0.05) is 24.3 Å². The van der Waals surface area contributed by atoms with Gasteiger partial charge in [0.05, 0.1) is 13.4 Å². The first-order chi connectivity index (χ1) is 23.4. The zero-order valence-electron chi connectivity index (χ0n) is 32.1. The standard InChI is InChI=1S/C31H33N3O6S/c1-20-8-4-7-11-29(20)41(37,38)33-30(35)22-13-12-21(28(17-22)39-3)16-23-19-34(2)27-15-14-24(18-26(23)27)32-31(36)40-25-9-5-6-10-25/h4,7-8,11-15,17-19,25H,5-6,9-10,16H2,1-3H3,(H,32,36)(H,33,35)/i1D3,5D2,6D2,16D2,25D. The van der Waals surface area contributed by atoms with Gasteiger partial charge in [0.2, 0.25) is 0 Å². The highest BCUT2D eigenvalue weighted by Gasteiger charge is 2.22. The second-order valence-electron chi connectivity index (χ2n) is 9.12. The molecule has 9 nitrogen and oxygen atoms in total. The summed E-state index contributed by atoms with van der Waals surface area (Å²) in [6, 6.07) is 13.0. The third kappa shape index (κ3) is 6.22. The summed E-state index contributed by atoms with van der Waals surface area (Å²) in [6.07, 6.45) is -10.2. The Kier molecular flexibility index (Phi) is 5.17. The number of hydrogen-bond acceptors (Lipinski definition) is 6. The molecule has 0 saturated heterocycles. The minimum absolute atomic E-state index is 0.0386. The molecule has 0 radical (unpaired) electrons. The molecule has 1 heterocycles. The van der Waals surface area contributed by atoms with Crippen LogP contribution >= 0.6 is 0 Å². The van der Waals surface area contributed by atoms with Crippen LogP contribution in [0.25, 0.3) is 10.9 Å². The van der Waals surface area contributed by atoms with Crippen LogP contribution in [0.3, 0.4) is 0 Å². The van der Waals surface area contributed by atoms with Crippen molar-refractivity contribution in [3.63, 3.8) is 0 Å². The van der Waals surface area contributed by atoms with E-state index in [0.29, 0.717) is 10.9 Å². The van der Waals surface area contributed by atoms with E-state index < -0.39 is 77.4 Å². The highest BCUT2D eigenvalue weighted by atomic mass is 32.2. The quantitative estimate of drug-likeness (QED) is 0.274. The van der Waals surface area contributed by atoms with Gasteiger partial charge < -0.3 is 14.0 Å². The van der Waals surface area contributed by atoms with Crippen molar-refractivity contribution in [1.82, 2.24) is 9.29 Å². The van der Waals surface area contributed by atoms with Crippen molar-refractivity contribution in [2.75, 3.05) is 12.4 Å². The molecule has 41 heavy (non-hydrogen) atoms. The average Bonchev–Trinajstić information content (AvgIpc) is 3.43. The van der Waals surface area contributed by atoms with E-state index in [1.165, 1.54) is 49.7 Å². The number of fused-ring (bicyclic) bond motifs is 1. The minimum atomic E-state index is -4.64. The van der Waals surface area contributed by atoms with E-state index >= 15 is 0 Å². The van der Waals surface area contributed by atoms with E-state index in [2.05, 4.69) is 5.32 Å². The van der Waals surface area contributed by atoms with Crippen molar-refractivity contribution in [1.29, 1.82) is 0 Å². The summed E-state index contributed by atoms with van der Waals surface area (Å²) < 4.78 is 121. The molecule has 5 rings (SSSR count). The predicted molar refractivity (Wildman–Crippen MR) is 157 cm³/mol. The Hall–Kier alpha value is -4.31. The number of hydrogen-bond donors (Lipinski definition) is 2. The van der Waals surface area contributed by atoms with Crippen molar-refractivity contribution in [2.45, 2.75) is 49.8 Å². The minimum Gasteiger partial charge on any atom is -0.496 e. The summed E-state index contributed by atoms with van der Waals surface area (Å²) in [5, 5.41) is 2.79. The fraction of sp³-hybridized carbons (Fsp3) is 0.290. The third-order valence-electron chi connectivity index (χ3n) is 6.31. The van der Waals surface area contributed by atoms with Gasteiger partial charge in [-0.25, -0.2) is 17.9 Å². The molecule has 1 fully saturated rings. The van der Waals surface area contributed by atoms with E-state index in [0.717, 1.165) is 18.2 Å². The van der Waals surface area contributed by atoms with Crippen LogP contribution in [-0.2, 0) is 28.2 Å². The number of aromatic nitrogens is 1. The number of sulfonamides is 1. The van der Waals surface area contributed by atoms with Crippen molar-refractivity contribution in [3.05, 3.63) is 89.1 Å². The molecule has 0 unspecified atom stereocenters. The van der Waals surface area contributed by atoms with Gasteiger partial charge in [0, 0.05) is 54.1 Å². The highest BCUT2D eigenvalue weighted by molar-refractivity contribution is 7.90. The van der Waals surface area contributed by atoms with Crippen molar-refractivity contribution < 1.29 is 41.2 Å². The summed E-state index contributed by atoms with van der Waals surface area (Å²) >= 11 is 0. The Balaban J connectivity index is 1.42. The van der Waals surface area contributed by atoms with E-state index in [1.807, 2.05) is 4.72 Å². The highest BCUT2D eigenvalue weighted by Crippen LogP contribution is 2.30. The van der Waals surface area contributed by atoms with Gasteiger partial charge in [-0.3, -0.25) is 10.1 Å². The van der Waals surface area contributed by atoms with Gasteiger partial charge in [-0.05, 0) is 85.5 Å². The number of anilines is 1. The molecule has 1 aliphatic rings. The lowest BCUT2D eigenvalue weighted by molar-refractivity contribution is 0.0980.